The molecular weight excluding hydrogens is 440 g/mol. The van der Waals surface area contributed by atoms with Gasteiger partial charge in [0.25, 0.3) is 0 Å². The molecule has 7 heterocycles. The van der Waals surface area contributed by atoms with Crippen molar-refractivity contribution in [2.45, 2.75) is 31.3 Å². The Morgan fingerprint density at radius 3 is 2.77 bits per heavy atom. The number of H-pyrrole nitrogens is 1. The third-order valence-electron chi connectivity index (χ3n) is 7.82. The molecule has 7 rings (SSSR count). The fraction of sp³-hybridized carbons (Fsp3) is 0.462. The Labute approximate surface area is 203 Å². The summed E-state index contributed by atoms with van der Waals surface area (Å²) in [6.07, 6.45) is 7.80. The van der Waals surface area contributed by atoms with Gasteiger partial charge in [-0.05, 0) is 37.5 Å². The SMILES string of the molecule is CC1(c2cc3c(-c4nc(N5CCNCC5)c5c(C6CNC6)cncc5n4)ccnc3[nH]2)CCCO1. The quantitative estimate of drug-likeness (QED) is 0.418. The van der Waals surface area contributed by atoms with Gasteiger partial charge in [0.05, 0.1) is 11.7 Å². The first kappa shape index (κ1) is 21.2. The zero-order chi connectivity index (χ0) is 23.4. The normalized spacial score (nSPS) is 23.3. The number of nitrogens with one attached hydrogen (secondary N) is 3. The van der Waals surface area contributed by atoms with Crippen molar-refractivity contribution in [3.8, 4) is 11.4 Å². The molecule has 0 bridgehead atoms. The number of rotatable bonds is 4. The molecule has 0 amide bonds. The summed E-state index contributed by atoms with van der Waals surface area (Å²) in [6, 6.07) is 4.20. The average molecular weight is 471 g/mol. The van der Waals surface area contributed by atoms with Crippen LogP contribution in [0.2, 0.25) is 0 Å². The lowest BCUT2D eigenvalue weighted by Gasteiger charge is -2.32. The molecule has 3 N–H and O–H groups in total. The van der Waals surface area contributed by atoms with Crippen LogP contribution in [0.3, 0.4) is 0 Å². The number of aromatic nitrogens is 5. The molecule has 3 aliphatic heterocycles. The van der Waals surface area contributed by atoms with Crippen LogP contribution in [0.5, 0.6) is 0 Å². The van der Waals surface area contributed by atoms with Gasteiger partial charge in [0.2, 0.25) is 0 Å². The zero-order valence-corrected chi connectivity index (χ0v) is 20.0. The fourth-order valence-electron chi connectivity index (χ4n) is 5.63. The molecule has 180 valence electrons. The van der Waals surface area contributed by atoms with Crippen LogP contribution in [0, 0.1) is 0 Å². The first-order chi connectivity index (χ1) is 17.2. The second-order valence-electron chi connectivity index (χ2n) is 10.1. The highest BCUT2D eigenvalue weighted by Crippen LogP contribution is 2.39. The van der Waals surface area contributed by atoms with Crippen molar-refractivity contribution < 1.29 is 4.74 Å². The molecule has 0 radical (unpaired) electrons. The van der Waals surface area contributed by atoms with E-state index in [1.165, 1.54) is 5.56 Å². The first-order valence-electron chi connectivity index (χ1n) is 12.6. The van der Waals surface area contributed by atoms with E-state index in [9.17, 15) is 0 Å². The van der Waals surface area contributed by atoms with Gasteiger partial charge >= 0.3 is 0 Å². The summed E-state index contributed by atoms with van der Waals surface area (Å²) < 4.78 is 6.09. The topological polar surface area (TPSA) is 104 Å². The predicted molar refractivity (Wildman–Crippen MR) is 136 cm³/mol. The van der Waals surface area contributed by atoms with Gasteiger partial charge in [-0.1, -0.05) is 0 Å². The molecule has 35 heavy (non-hydrogen) atoms. The molecule has 1 unspecified atom stereocenters. The standard InChI is InChI=1S/C26H30N8O/c1-26(4-2-10-35-26)21-11-18-17(3-5-30-23(18)32-21)24-31-20-15-29-14-19(16-12-28-13-16)22(20)25(33-24)34-8-6-27-7-9-34/h3,5,11,14-16,27-28H,2,4,6-10,12-13H2,1H3,(H,30,32). The molecule has 0 spiro atoms. The molecule has 4 aromatic rings. The number of fused-ring (bicyclic) bond motifs is 2. The van der Waals surface area contributed by atoms with Crippen molar-refractivity contribution in [1.82, 2.24) is 35.6 Å². The predicted octanol–water partition coefficient (Wildman–Crippen LogP) is 2.69. The lowest BCUT2D eigenvalue weighted by molar-refractivity contribution is 0.0138. The molecule has 4 aromatic heterocycles. The van der Waals surface area contributed by atoms with Crippen LogP contribution in [0.15, 0.2) is 30.7 Å². The fourth-order valence-corrected chi connectivity index (χ4v) is 5.63. The van der Waals surface area contributed by atoms with E-state index in [2.05, 4.69) is 43.5 Å². The van der Waals surface area contributed by atoms with Gasteiger partial charge < -0.3 is 25.3 Å². The molecule has 0 saturated carbocycles. The smallest absolute Gasteiger partial charge is 0.163 e. The number of pyridine rings is 2. The number of hydrogen-bond donors (Lipinski definition) is 3. The Morgan fingerprint density at radius 1 is 1.11 bits per heavy atom. The second-order valence-corrected chi connectivity index (χ2v) is 10.1. The highest BCUT2D eigenvalue weighted by Gasteiger charge is 2.34. The molecular formula is C26H30N8O. The summed E-state index contributed by atoms with van der Waals surface area (Å²) >= 11 is 0. The third kappa shape index (κ3) is 3.49. The van der Waals surface area contributed by atoms with E-state index in [1.54, 1.807) is 0 Å². The van der Waals surface area contributed by atoms with Crippen molar-refractivity contribution in [2.24, 2.45) is 0 Å². The Hall–Kier alpha value is -3.14. The number of aromatic amines is 1. The summed E-state index contributed by atoms with van der Waals surface area (Å²) in [5, 5.41) is 9.03. The van der Waals surface area contributed by atoms with E-state index in [-0.39, 0.29) is 5.60 Å². The number of anilines is 1. The van der Waals surface area contributed by atoms with Gasteiger partial charge in [-0.2, -0.15) is 0 Å². The van der Waals surface area contributed by atoms with E-state index >= 15 is 0 Å². The molecule has 9 heteroatoms. The van der Waals surface area contributed by atoms with E-state index in [1.807, 2.05) is 24.7 Å². The van der Waals surface area contributed by atoms with Gasteiger partial charge in [0, 0.05) is 86.2 Å². The van der Waals surface area contributed by atoms with Crippen LogP contribution in [0.1, 0.15) is 36.9 Å². The average Bonchev–Trinajstić information content (AvgIpc) is 3.50. The van der Waals surface area contributed by atoms with Gasteiger partial charge in [-0.3, -0.25) is 4.98 Å². The molecule has 0 aliphatic carbocycles. The Morgan fingerprint density at radius 2 is 2.00 bits per heavy atom. The van der Waals surface area contributed by atoms with Crippen LogP contribution in [-0.2, 0) is 10.3 Å². The van der Waals surface area contributed by atoms with Crippen molar-refractivity contribution in [3.63, 3.8) is 0 Å². The van der Waals surface area contributed by atoms with Crippen molar-refractivity contribution in [3.05, 3.63) is 42.0 Å². The maximum Gasteiger partial charge on any atom is 0.163 e. The number of piperazine rings is 1. The van der Waals surface area contributed by atoms with E-state index < -0.39 is 0 Å². The summed E-state index contributed by atoms with van der Waals surface area (Å²) in [5.74, 6) is 2.18. The largest absolute Gasteiger partial charge is 0.369 e. The van der Waals surface area contributed by atoms with Crippen molar-refractivity contribution in [2.75, 3.05) is 50.8 Å². The minimum atomic E-state index is -0.302. The van der Waals surface area contributed by atoms with Crippen LogP contribution < -0.4 is 15.5 Å². The highest BCUT2D eigenvalue weighted by molar-refractivity contribution is 5.97. The monoisotopic (exact) mass is 470 g/mol. The minimum Gasteiger partial charge on any atom is -0.369 e. The second kappa shape index (κ2) is 8.22. The Bertz CT molecular complexity index is 1400. The minimum absolute atomic E-state index is 0.302. The number of nitrogens with zero attached hydrogens (tertiary/aromatic N) is 5. The van der Waals surface area contributed by atoms with E-state index in [0.29, 0.717) is 11.7 Å². The lowest BCUT2D eigenvalue weighted by atomic mass is 9.92. The summed E-state index contributed by atoms with van der Waals surface area (Å²) in [7, 11) is 0. The summed E-state index contributed by atoms with van der Waals surface area (Å²) in [4.78, 5) is 25.4. The van der Waals surface area contributed by atoms with Crippen molar-refractivity contribution >= 4 is 27.8 Å². The highest BCUT2D eigenvalue weighted by atomic mass is 16.5. The number of ether oxygens (including phenoxy) is 1. The van der Waals surface area contributed by atoms with Gasteiger partial charge in [-0.25, -0.2) is 15.0 Å². The summed E-state index contributed by atoms with van der Waals surface area (Å²) in [5.41, 5.74) is 4.73. The summed E-state index contributed by atoms with van der Waals surface area (Å²) in [6.45, 7) is 8.64. The first-order valence-corrected chi connectivity index (χ1v) is 12.6. The van der Waals surface area contributed by atoms with E-state index in [0.717, 1.165) is 97.7 Å². The maximum atomic E-state index is 6.09. The molecule has 3 saturated heterocycles. The van der Waals surface area contributed by atoms with Gasteiger partial charge in [0.15, 0.2) is 5.82 Å². The van der Waals surface area contributed by atoms with Gasteiger partial charge in [-0.15, -0.1) is 0 Å². The third-order valence-corrected chi connectivity index (χ3v) is 7.82. The maximum absolute atomic E-state index is 6.09. The molecule has 0 aromatic carbocycles. The van der Waals surface area contributed by atoms with Crippen LogP contribution >= 0.6 is 0 Å². The molecule has 3 fully saturated rings. The van der Waals surface area contributed by atoms with E-state index in [4.69, 9.17) is 14.7 Å². The van der Waals surface area contributed by atoms with Crippen molar-refractivity contribution in [1.29, 1.82) is 0 Å². The Balaban J connectivity index is 1.42. The number of hydrogen-bond acceptors (Lipinski definition) is 8. The van der Waals surface area contributed by atoms with Crippen LogP contribution in [0.25, 0.3) is 33.3 Å². The zero-order valence-electron chi connectivity index (χ0n) is 20.0. The van der Waals surface area contributed by atoms with Crippen LogP contribution in [0.4, 0.5) is 5.82 Å². The molecule has 1 atom stereocenters. The molecule has 3 aliphatic rings. The Kier molecular flexibility index (Phi) is 4.97. The van der Waals surface area contributed by atoms with Gasteiger partial charge in [0.1, 0.15) is 17.1 Å². The lowest BCUT2D eigenvalue weighted by Crippen LogP contribution is -2.44. The van der Waals surface area contributed by atoms with Crippen LogP contribution in [-0.4, -0.2) is 70.8 Å². The molecule has 9 nitrogen and oxygen atoms in total.